The number of hydrogen-bond acceptors (Lipinski definition) is 3. The molecule has 0 N–H and O–H groups in total. The molecule has 4 heteroatoms. The van der Waals surface area contributed by atoms with Crippen molar-refractivity contribution < 1.29 is 4.79 Å². The largest absolute Gasteiger partial charge is 0.332 e. The molecular weight excluding hydrogens is 214 g/mol. The van der Waals surface area contributed by atoms with E-state index in [-0.39, 0.29) is 18.0 Å². The highest BCUT2D eigenvalue weighted by Gasteiger charge is 2.22. The Hall–Kier alpha value is -1.89. The van der Waals surface area contributed by atoms with E-state index < -0.39 is 0 Å². The monoisotopic (exact) mass is 231 g/mol. The van der Waals surface area contributed by atoms with Gasteiger partial charge >= 0.3 is 0 Å². The Labute approximate surface area is 102 Å². The smallest absolute Gasteiger partial charge is 0.272 e. The molecule has 0 spiro atoms. The number of nitrogens with zero attached hydrogens (tertiary/aromatic N) is 3. The predicted molar refractivity (Wildman–Crippen MR) is 65.4 cm³/mol. The molecule has 0 aromatic carbocycles. The van der Waals surface area contributed by atoms with Crippen LogP contribution in [0, 0.1) is 11.3 Å². The second-order valence-electron chi connectivity index (χ2n) is 4.44. The standard InChI is InChI=1S/C13H17N3O/c1-9(2)16(10(3)4)13(17)12-6-5-11(7-14)8-15-12/h5-6,8-10H,1-4H3. The van der Waals surface area contributed by atoms with Gasteiger partial charge in [-0.2, -0.15) is 5.26 Å². The van der Waals surface area contributed by atoms with Gasteiger partial charge in [0.15, 0.2) is 0 Å². The lowest BCUT2D eigenvalue weighted by Gasteiger charge is -2.30. The zero-order chi connectivity index (χ0) is 13.0. The van der Waals surface area contributed by atoms with Crippen molar-refractivity contribution in [3.63, 3.8) is 0 Å². The van der Waals surface area contributed by atoms with Crippen LogP contribution in [-0.2, 0) is 0 Å². The summed E-state index contributed by atoms with van der Waals surface area (Å²) in [5.74, 6) is -0.0977. The number of carbonyl (C=O) groups is 1. The zero-order valence-electron chi connectivity index (χ0n) is 10.6. The van der Waals surface area contributed by atoms with Gasteiger partial charge in [-0.15, -0.1) is 0 Å². The molecule has 1 amide bonds. The summed E-state index contributed by atoms with van der Waals surface area (Å²) in [4.78, 5) is 18.0. The van der Waals surface area contributed by atoms with Gasteiger partial charge in [-0.1, -0.05) is 0 Å². The molecule has 0 aliphatic rings. The highest BCUT2D eigenvalue weighted by molar-refractivity contribution is 5.92. The average Bonchev–Trinajstić information content (AvgIpc) is 2.28. The summed E-state index contributed by atoms with van der Waals surface area (Å²) in [6.45, 7) is 7.90. The molecule has 17 heavy (non-hydrogen) atoms. The van der Waals surface area contributed by atoms with Crippen LogP contribution in [0.1, 0.15) is 43.7 Å². The van der Waals surface area contributed by atoms with E-state index in [0.29, 0.717) is 11.3 Å². The van der Waals surface area contributed by atoms with Crippen molar-refractivity contribution in [1.29, 1.82) is 5.26 Å². The number of carbonyl (C=O) groups excluding carboxylic acids is 1. The maximum Gasteiger partial charge on any atom is 0.272 e. The van der Waals surface area contributed by atoms with Crippen molar-refractivity contribution in [2.45, 2.75) is 39.8 Å². The van der Waals surface area contributed by atoms with Gasteiger partial charge in [0.1, 0.15) is 11.8 Å². The Morgan fingerprint density at radius 2 is 1.88 bits per heavy atom. The summed E-state index contributed by atoms with van der Waals surface area (Å²) in [5, 5.41) is 8.67. The highest BCUT2D eigenvalue weighted by atomic mass is 16.2. The van der Waals surface area contributed by atoms with E-state index in [4.69, 9.17) is 5.26 Å². The normalized spacial score (nSPS) is 10.4. The Balaban J connectivity index is 2.98. The molecule has 0 unspecified atom stereocenters. The van der Waals surface area contributed by atoms with Crippen molar-refractivity contribution in [3.05, 3.63) is 29.6 Å². The molecule has 1 aromatic heterocycles. The first-order valence-electron chi connectivity index (χ1n) is 5.66. The average molecular weight is 231 g/mol. The molecule has 0 atom stereocenters. The molecule has 90 valence electrons. The third-order valence-electron chi connectivity index (χ3n) is 2.46. The SMILES string of the molecule is CC(C)N(C(=O)c1ccc(C#N)cn1)C(C)C. The lowest BCUT2D eigenvalue weighted by molar-refractivity contribution is 0.0637. The van der Waals surface area contributed by atoms with E-state index in [1.807, 2.05) is 33.8 Å². The minimum atomic E-state index is -0.0977. The summed E-state index contributed by atoms with van der Waals surface area (Å²) in [6.07, 6.45) is 1.42. The fourth-order valence-corrected chi connectivity index (χ4v) is 1.78. The van der Waals surface area contributed by atoms with E-state index in [2.05, 4.69) is 4.98 Å². The maximum absolute atomic E-state index is 12.2. The highest BCUT2D eigenvalue weighted by Crippen LogP contribution is 2.11. The fraction of sp³-hybridized carbons (Fsp3) is 0.462. The molecule has 1 aromatic rings. The van der Waals surface area contributed by atoms with Gasteiger partial charge in [0.2, 0.25) is 0 Å². The van der Waals surface area contributed by atoms with Crippen LogP contribution in [0.4, 0.5) is 0 Å². The number of nitriles is 1. The van der Waals surface area contributed by atoms with Crippen LogP contribution in [0.25, 0.3) is 0 Å². The van der Waals surface area contributed by atoms with Gasteiger partial charge in [0.05, 0.1) is 5.56 Å². The minimum Gasteiger partial charge on any atom is -0.332 e. The van der Waals surface area contributed by atoms with Crippen LogP contribution in [0.15, 0.2) is 18.3 Å². The molecule has 0 fully saturated rings. The summed E-state index contributed by atoms with van der Waals surface area (Å²) >= 11 is 0. The van der Waals surface area contributed by atoms with Crippen LogP contribution >= 0.6 is 0 Å². The molecule has 1 heterocycles. The number of amides is 1. The lowest BCUT2D eigenvalue weighted by atomic mass is 10.2. The van der Waals surface area contributed by atoms with Crippen LogP contribution in [0.5, 0.6) is 0 Å². The molecule has 0 aliphatic heterocycles. The summed E-state index contributed by atoms with van der Waals surface area (Å²) in [6, 6.07) is 5.44. The topological polar surface area (TPSA) is 57.0 Å². The predicted octanol–water partition coefficient (Wildman–Crippen LogP) is 2.21. The van der Waals surface area contributed by atoms with Crippen LogP contribution in [-0.4, -0.2) is 27.9 Å². The first-order valence-corrected chi connectivity index (χ1v) is 5.66. The molecule has 0 bridgehead atoms. The van der Waals surface area contributed by atoms with Gasteiger partial charge in [-0.05, 0) is 39.8 Å². The van der Waals surface area contributed by atoms with Crippen molar-refractivity contribution in [2.24, 2.45) is 0 Å². The fourth-order valence-electron chi connectivity index (χ4n) is 1.78. The summed E-state index contributed by atoms with van der Waals surface area (Å²) in [5.41, 5.74) is 0.841. The Kier molecular flexibility index (Phi) is 4.22. The van der Waals surface area contributed by atoms with Crippen molar-refractivity contribution in [1.82, 2.24) is 9.88 Å². The van der Waals surface area contributed by atoms with Gasteiger partial charge in [0.25, 0.3) is 5.91 Å². The quantitative estimate of drug-likeness (QED) is 0.801. The summed E-state index contributed by atoms with van der Waals surface area (Å²) < 4.78 is 0. The van der Waals surface area contributed by atoms with Crippen molar-refractivity contribution in [2.75, 3.05) is 0 Å². The number of aromatic nitrogens is 1. The number of pyridine rings is 1. The number of hydrogen-bond donors (Lipinski definition) is 0. The van der Waals surface area contributed by atoms with E-state index in [9.17, 15) is 4.79 Å². The molecule has 0 radical (unpaired) electrons. The zero-order valence-corrected chi connectivity index (χ0v) is 10.6. The lowest BCUT2D eigenvalue weighted by Crippen LogP contribution is -2.42. The molecule has 0 saturated heterocycles. The van der Waals surface area contributed by atoms with E-state index >= 15 is 0 Å². The minimum absolute atomic E-state index is 0.0977. The molecule has 4 nitrogen and oxygen atoms in total. The Bertz CT molecular complexity index is 421. The van der Waals surface area contributed by atoms with Crippen molar-refractivity contribution in [3.8, 4) is 6.07 Å². The molecule has 1 rings (SSSR count). The second-order valence-corrected chi connectivity index (χ2v) is 4.44. The van der Waals surface area contributed by atoms with E-state index in [1.165, 1.54) is 6.20 Å². The van der Waals surface area contributed by atoms with E-state index in [1.54, 1.807) is 17.0 Å². The third-order valence-corrected chi connectivity index (χ3v) is 2.46. The maximum atomic E-state index is 12.2. The first kappa shape index (κ1) is 13.2. The van der Waals surface area contributed by atoms with Gasteiger partial charge in [0, 0.05) is 18.3 Å². The molecule has 0 aliphatic carbocycles. The third kappa shape index (κ3) is 3.04. The summed E-state index contributed by atoms with van der Waals surface area (Å²) in [7, 11) is 0. The Morgan fingerprint density at radius 1 is 1.29 bits per heavy atom. The first-order chi connectivity index (χ1) is 7.97. The van der Waals surface area contributed by atoms with Crippen LogP contribution in [0.3, 0.4) is 0 Å². The van der Waals surface area contributed by atoms with Crippen LogP contribution in [0.2, 0.25) is 0 Å². The van der Waals surface area contributed by atoms with Gasteiger partial charge in [-0.25, -0.2) is 4.98 Å². The number of rotatable bonds is 3. The van der Waals surface area contributed by atoms with Crippen molar-refractivity contribution >= 4 is 5.91 Å². The second kappa shape index (κ2) is 5.44. The molecular formula is C13H17N3O. The van der Waals surface area contributed by atoms with Gasteiger partial charge in [-0.3, -0.25) is 4.79 Å². The Morgan fingerprint density at radius 3 is 2.24 bits per heavy atom. The van der Waals surface area contributed by atoms with E-state index in [0.717, 1.165) is 0 Å². The molecule has 0 saturated carbocycles. The van der Waals surface area contributed by atoms with Crippen LogP contribution < -0.4 is 0 Å². The van der Waals surface area contributed by atoms with Gasteiger partial charge < -0.3 is 4.90 Å².